The molecule has 0 unspecified atom stereocenters. The molecule has 0 aromatic carbocycles. The topological polar surface area (TPSA) is 80.4 Å². The van der Waals surface area contributed by atoms with E-state index in [1.54, 1.807) is 13.8 Å². The number of hydrogen-bond acceptors (Lipinski definition) is 2. The maximum absolute atomic E-state index is 10.6. The first-order valence-corrected chi connectivity index (χ1v) is 3.46. The fourth-order valence-corrected chi connectivity index (χ4v) is 0.853. The molecule has 0 fully saturated rings. The molecule has 4 heteroatoms. The molecule has 0 aliphatic rings. The number of carboxylic acids is 1. The van der Waals surface area contributed by atoms with Crippen molar-refractivity contribution in [3.05, 3.63) is 0 Å². The Balaban J connectivity index is 4.12. The van der Waals surface area contributed by atoms with E-state index in [9.17, 15) is 9.59 Å². The Morgan fingerprint density at radius 2 is 1.91 bits per heavy atom. The molecule has 4 nitrogen and oxygen atoms in total. The lowest BCUT2D eigenvalue weighted by Gasteiger charge is -2.13. The summed E-state index contributed by atoms with van der Waals surface area (Å²) in [5.74, 6) is -2.08. The van der Waals surface area contributed by atoms with Crippen LogP contribution in [0.3, 0.4) is 0 Å². The van der Waals surface area contributed by atoms with E-state index in [4.69, 9.17) is 10.8 Å². The maximum Gasteiger partial charge on any atom is 0.304 e. The Morgan fingerprint density at radius 1 is 1.45 bits per heavy atom. The van der Waals surface area contributed by atoms with Crippen molar-refractivity contribution in [2.75, 3.05) is 0 Å². The summed E-state index contributed by atoms with van der Waals surface area (Å²) in [6.45, 7) is 3.55. The zero-order valence-electron chi connectivity index (χ0n) is 6.70. The third-order valence-electron chi connectivity index (χ3n) is 1.56. The van der Waals surface area contributed by atoms with Gasteiger partial charge in [0, 0.05) is 0 Å². The quantitative estimate of drug-likeness (QED) is 0.615. The highest BCUT2D eigenvalue weighted by Gasteiger charge is 2.22. The van der Waals surface area contributed by atoms with Crippen LogP contribution in [0.1, 0.15) is 20.3 Å². The second kappa shape index (κ2) is 3.95. The number of nitrogens with two attached hydrogens (primary N) is 1. The Kier molecular flexibility index (Phi) is 3.57. The number of amides is 1. The van der Waals surface area contributed by atoms with Crippen molar-refractivity contribution >= 4 is 11.9 Å². The molecule has 0 aliphatic carbocycles. The molecule has 1 atom stereocenters. The molecular formula is C7H13NO3. The van der Waals surface area contributed by atoms with Gasteiger partial charge in [-0.3, -0.25) is 9.59 Å². The number of carbonyl (C=O) groups excluding carboxylic acids is 1. The number of hydrogen-bond donors (Lipinski definition) is 2. The van der Waals surface area contributed by atoms with Gasteiger partial charge in [-0.1, -0.05) is 13.8 Å². The van der Waals surface area contributed by atoms with Crippen molar-refractivity contribution in [1.29, 1.82) is 0 Å². The van der Waals surface area contributed by atoms with E-state index in [0.29, 0.717) is 0 Å². The van der Waals surface area contributed by atoms with Crippen molar-refractivity contribution in [2.24, 2.45) is 17.6 Å². The molecule has 0 radical (unpaired) electrons. The lowest BCUT2D eigenvalue weighted by atomic mass is 9.92. The SMILES string of the molecule is CC(C)[C@@H](CC(=O)O)C(N)=O. The monoisotopic (exact) mass is 159 g/mol. The summed E-state index contributed by atoms with van der Waals surface area (Å²) >= 11 is 0. The van der Waals surface area contributed by atoms with Crippen LogP contribution in [0, 0.1) is 11.8 Å². The first kappa shape index (κ1) is 9.94. The van der Waals surface area contributed by atoms with Crippen molar-refractivity contribution in [1.82, 2.24) is 0 Å². The van der Waals surface area contributed by atoms with Crippen LogP contribution in [0.25, 0.3) is 0 Å². The molecule has 0 aromatic rings. The van der Waals surface area contributed by atoms with E-state index in [-0.39, 0.29) is 12.3 Å². The highest BCUT2D eigenvalue weighted by Crippen LogP contribution is 2.13. The van der Waals surface area contributed by atoms with Gasteiger partial charge in [-0.05, 0) is 5.92 Å². The number of rotatable bonds is 4. The van der Waals surface area contributed by atoms with Gasteiger partial charge < -0.3 is 10.8 Å². The van der Waals surface area contributed by atoms with E-state index in [1.807, 2.05) is 0 Å². The van der Waals surface area contributed by atoms with Crippen LogP contribution >= 0.6 is 0 Å². The number of carbonyl (C=O) groups is 2. The maximum atomic E-state index is 10.6. The van der Waals surface area contributed by atoms with Gasteiger partial charge in [-0.2, -0.15) is 0 Å². The molecule has 0 heterocycles. The smallest absolute Gasteiger partial charge is 0.304 e. The summed E-state index contributed by atoms with van der Waals surface area (Å²) in [4.78, 5) is 20.8. The van der Waals surface area contributed by atoms with Crippen molar-refractivity contribution in [3.8, 4) is 0 Å². The van der Waals surface area contributed by atoms with Gasteiger partial charge in [-0.25, -0.2) is 0 Å². The first-order valence-electron chi connectivity index (χ1n) is 3.46. The minimum atomic E-state index is -0.984. The fraction of sp³-hybridized carbons (Fsp3) is 0.714. The number of aliphatic carboxylic acids is 1. The molecule has 3 N–H and O–H groups in total. The van der Waals surface area contributed by atoms with E-state index < -0.39 is 17.8 Å². The average Bonchev–Trinajstić information content (AvgIpc) is 1.81. The Labute approximate surface area is 65.4 Å². The van der Waals surface area contributed by atoms with Crippen molar-refractivity contribution in [2.45, 2.75) is 20.3 Å². The van der Waals surface area contributed by atoms with Crippen LogP contribution in [0.15, 0.2) is 0 Å². The highest BCUT2D eigenvalue weighted by atomic mass is 16.4. The Hall–Kier alpha value is -1.06. The molecule has 0 aromatic heterocycles. The minimum Gasteiger partial charge on any atom is -0.481 e. The number of carboxylic acid groups (broad SMARTS) is 1. The lowest BCUT2D eigenvalue weighted by Crippen LogP contribution is -2.29. The van der Waals surface area contributed by atoms with Crippen molar-refractivity contribution in [3.63, 3.8) is 0 Å². The van der Waals surface area contributed by atoms with E-state index >= 15 is 0 Å². The third kappa shape index (κ3) is 3.60. The predicted molar refractivity (Wildman–Crippen MR) is 39.8 cm³/mol. The zero-order chi connectivity index (χ0) is 9.02. The fourth-order valence-electron chi connectivity index (χ4n) is 0.853. The zero-order valence-corrected chi connectivity index (χ0v) is 6.70. The number of primary amides is 1. The molecule has 0 saturated carbocycles. The van der Waals surface area contributed by atoms with Crippen LogP contribution in [0.4, 0.5) is 0 Å². The highest BCUT2D eigenvalue weighted by molar-refractivity contribution is 5.81. The van der Waals surface area contributed by atoms with Crippen LogP contribution in [-0.4, -0.2) is 17.0 Å². The second-order valence-electron chi connectivity index (χ2n) is 2.85. The normalized spacial score (nSPS) is 13.0. The van der Waals surface area contributed by atoms with Gasteiger partial charge in [-0.15, -0.1) is 0 Å². The molecule has 0 saturated heterocycles. The van der Waals surface area contributed by atoms with Crippen molar-refractivity contribution < 1.29 is 14.7 Å². The lowest BCUT2D eigenvalue weighted by molar-refractivity contribution is -0.141. The molecule has 11 heavy (non-hydrogen) atoms. The van der Waals surface area contributed by atoms with Gasteiger partial charge in [0.2, 0.25) is 5.91 Å². The predicted octanol–water partition coefficient (Wildman–Crippen LogP) is 0.219. The molecule has 0 rings (SSSR count). The second-order valence-corrected chi connectivity index (χ2v) is 2.85. The van der Waals surface area contributed by atoms with E-state index in [1.165, 1.54) is 0 Å². The summed E-state index contributed by atoms with van der Waals surface area (Å²) < 4.78 is 0. The van der Waals surface area contributed by atoms with Gasteiger partial charge in [0.05, 0.1) is 12.3 Å². The van der Waals surface area contributed by atoms with E-state index in [0.717, 1.165) is 0 Å². The van der Waals surface area contributed by atoms with Crippen LogP contribution in [0.5, 0.6) is 0 Å². The molecule has 0 aliphatic heterocycles. The minimum absolute atomic E-state index is 0.0106. The molecule has 1 amide bonds. The summed E-state index contributed by atoms with van der Waals surface area (Å²) in [5, 5.41) is 8.37. The molecule has 0 spiro atoms. The van der Waals surface area contributed by atoms with Crippen LogP contribution < -0.4 is 5.73 Å². The third-order valence-corrected chi connectivity index (χ3v) is 1.56. The summed E-state index contributed by atoms with van der Waals surface area (Å²) in [6, 6.07) is 0. The van der Waals surface area contributed by atoms with Crippen LogP contribution in [0.2, 0.25) is 0 Å². The standard InChI is InChI=1S/C7H13NO3/c1-4(2)5(7(8)11)3-6(9)10/h4-5H,3H2,1-2H3,(H2,8,11)(H,9,10)/t5-/m1/s1. The van der Waals surface area contributed by atoms with Gasteiger partial charge in [0.25, 0.3) is 0 Å². The van der Waals surface area contributed by atoms with Gasteiger partial charge in [0.1, 0.15) is 0 Å². The largest absolute Gasteiger partial charge is 0.481 e. The summed E-state index contributed by atoms with van der Waals surface area (Å²) in [7, 11) is 0. The molecule has 0 bridgehead atoms. The van der Waals surface area contributed by atoms with Gasteiger partial charge >= 0.3 is 5.97 Å². The average molecular weight is 159 g/mol. The summed E-state index contributed by atoms with van der Waals surface area (Å²) in [6.07, 6.45) is -0.174. The molecular weight excluding hydrogens is 146 g/mol. The van der Waals surface area contributed by atoms with E-state index in [2.05, 4.69) is 0 Å². The Morgan fingerprint density at radius 3 is 2.00 bits per heavy atom. The first-order chi connectivity index (χ1) is 4.95. The molecule has 64 valence electrons. The van der Waals surface area contributed by atoms with Gasteiger partial charge in [0.15, 0.2) is 0 Å². The Bertz CT molecular complexity index is 165. The van der Waals surface area contributed by atoms with Crippen LogP contribution in [-0.2, 0) is 9.59 Å². The summed E-state index contributed by atoms with van der Waals surface area (Å²) in [5.41, 5.74) is 4.98.